The zero-order valence-corrected chi connectivity index (χ0v) is 14.0. The van der Waals surface area contributed by atoms with Crippen LogP contribution in [0.1, 0.15) is 11.1 Å². The lowest BCUT2D eigenvalue weighted by atomic mass is 10.1. The van der Waals surface area contributed by atoms with Crippen LogP contribution in [-0.2, 0) is 16.6 Å². The summed E-state index contributed by atoms with van der Waals surface area (Å²) in [5.74, 6) is -0.493. The molecule has 0 spiro atoms. The van der Waals surface area contributed by atoms with Crippen molar-refractivity contribution in [1.82, 2.24) is 4.72 Å². The first-order chi connectivity index (χ1) is 11.1. The molecule has 0 saturated carbocycles. The van der Waals surface area contributed by atoms with E-state index < -0.39 is 22.1 Å². The maximum Gasteiger partial charge on any atom is 0.573 e. The number of halogens is 4. The summed E-state index contributed by atoms with van der Waals surface area (Å²) in [5.41, 5.74) is 1.55. The molecule has 0 aromatic heterocycles. The Kier molecular flexibility index (Phi) is 5.42. The van der Waals surface area contributed by atoms with E-state index in [1.165, 1.54) is 0 Å². The summed E-state index contributed by atoms with van der Waals surface area (Å²) in [6, 6.07) is 9.03. The van der Waals surface area contributed by atoms with Crippen LogP contribution >= 0.6 is 11.6 Å². The van der Waals surface area contributed by atoms with Crippen molar-refractivity contribution in [2.24, 2.45) is 0 Å². The Bertz CT molecular complexity index is 821. The lowest BCUT2D eigenvalue weighted by molar-refractivity contribution is -0.274. The van der Waals surface area contributed by atoms with E-state index in [1.807, 2.05) is 6.92 Å². The summed E-state index contributed by atoms with van der Waals surface area (Å²) in [7, 11) is -3.88. The Morgan fingerprint density at radius 1 is 1.12 bits per heavy atom. The van der Waals surface area contributed by atoms with E-state index in [4.69, 9.17) is 11.6 Å². The van der Waals surface area contributed by atoms with E-state index in [2.05, 4.69) is 9.46 Å². The Morgan fingerprint density at radius 2 is 1.75 bits per heavy atom. The summed E-state index contributed by atoms with van der Waals surface area (Å²) >= 11 is 5.87. The molecule has 1 N–H and O–H groups in total. The maximum absolute atomic E-state index is 12.2. The largest absolute Gasteiger partial charge is 0.573 e. The average molecular weight is 380 g/mol. The molecular weight excluding hydrogens is 367 g/mol. The molecule has 2 aromatic rings. The van der Waals surface area contributed by atoms with E-state index in [1.54, 1.807) is 18.2 Å². The van der Waals surface area contributed by atoms with Gasteiger partial charge in [-0.05, 0) is 54.4 Å². The monoisotopic (exact) mass is 379 g/mol. The van der Waals surface area contributed by atoms with Gasteiger partial charge in [0.05, 0.1) is 4.90 Å². The van der Waals surface area contributed by atoms with Crippen LogP contribution in [0.25, 0.3) is 0 Å². The number of alkyl halides is 3. The SMILES string of the molecule is Cc1ccc(Cl)cc1CNS(=O)(=O)c1ccc(OC(F)(F)F)cc1. The lowest BCUT2D eigenvalue weighted by Crippen LogP contribution is -2.23. The number of hydrogen-bond acceptors (Lipinski definition) is 3. The van der Waals surface area contributed by atoms with Crippen LogP contribution in [0.3, 0.4) is 0 Å². The van der Waals surface area contributed by atoms with Crippen molar-refractivity contribution >= 4 is 21.6 Å². The fourth-order valence-corrected chi connectivity index (χ4v) is 3.11. The molecule has 24 heavy (non-hydrogen) atoms. The van der Waals surface area contributed by atoms with Crippen LogP contribution in [0.2, 0.25) is 5.02 Å². The summed E-state index contributed by atoms with van der Waals surface area (Å²) in [6.07, 6.45) is -4.83. The third-order valence-electron chi connectivity index (χ3n) is 3.13. The summed E-state index contributed by atoms with van der Waals surface area (Å²) < 4.78 is 66.7. The first-order valence-corrected chi connectivity index (χ1v) is 8.53. The smallest absolute Gasteiger partial charge is 0.406 e. The highest BCUT2D eigenvalue weighted by atomic mass is 35.5. The predicted molar refractivity (Wildman–Crippen MR) is 83.3 cm³/mol. The maximum atomic E-state index is 12.2. The minimum atomic E-state index is -4.83. The van der Waals surface area contributed by atoms with Gasteiger partial charge >= 0.3 is 6.36 Å². The van der Waals surface area contributed by atoms with Gasteiger partial charge in [0.2, 0.25) is 10.0 Å². The molecule has 0 amide bonds. The quantitative estimate of drug-likeness (QED) is 0.853. The number of hydrogen-bond donors (Lipinski definition) is 1. The molecular formula is C15H13ClF3NO3S. The Morgan fingerprint density at radius 3 is 2.33 bits per heavy atom. The van der Waals surface area contributed by atoms with Crippen LogP contribution in [-0.4, -0.2) is 14.8 Å². The van der Waals surface area contributed by atoms with Crippen LogP contribution in [0, 0.1) is 6.92 Å². The number of sulfonamides is 1. The highest BCUT2D eigenvalue weighted by Crippen LogP contribution is 2.24. The number of nitrogens with one attached hydrogen (secondary N) is 1. The third kappa shape index (κ3) is 5.12. The molecule has 2 aromatic carbocycles. The van der Waals surface area contributed by atoms with E-state index >= 15 is 0 Å². The minimum absolute atomic E-state index is 0.00945. The Balaban J connectivity index is 2.11. The topological polar surface area (TPSA) is 55.4 Å². The van der Waals surface area contributed by atoms with Crippen molar-refractivity contribution in [3.63, 3.8) is 0 Å². The molecule has 0 saturated heterocycles. The Labute approximate surface area is 142 Å². The second kappa shape index (κ2) is 7.00. The van der Waals surface area contributed by atoms with E-state index in [-0.39, 0.29) is 11.4 Å². The second-order valence-electron chi connectivity index (χ2n) is 4.91. The summed E-state index contributed by atoms with van der Waals surface area (Å²) in [6.45, 7) is 1.82. The summed E-state index contributed by atoms with van der Waals surface area (Å²) in [4.78, 5) is -0.170. The molecule has 0 fully saturated rings. The first-order valence-electron chi connectivity index (χ1n) is 6.67. The molecule has 0 aliphatic heterocycles. The van der Waals surface area contributed by atoms with Gasteiger partial charge in [0.25, 0.3) is 0 Å². The molecule has 0 unspecified atom stereocenters. The fraction of sp³-hybridized carbons (Fsp3) is 0.200. The lowest BCUT2D eigenvalue weighted by Gasteiger charge is -2.11. The van der Waals surface area contributed by atoms with Crippen molar-refractivity contribution in [3.05, 3.63) is 58.6 Å². The van der Waals surface area contributed by atoms with Gasteiger partial charge in [0.1, 0.15) is 5.75 Å². The van der Waals surface area contributed by atoms with Gasteiger partial charge in [-0.2, -0.15) is 0 Å². The van der Waals surface area contributed by atoms with Crippen LogP contribution < -0.4 is 9.46 Å². The molecule has 0 bridgehead atoms. The molecule has 130 valence electrons. The number of ether oxygens (including phenoxy) is 1. The van der Waals surface area contributed by atoms with E-state index in [0.717, 1.165) is 29.8 Å². The summed E-state index contributed by atoms with van der Waals surface area (Å²) in [5, 5.41) is 0.475. The molecule has 9 heteroatoms. The van der Waals surface area contributed by atoms with Crippen LogP contribution in [0.15, 0.2) is 47.4 Å². The van der Waals surface area contributed by atoms with Crippen LogP contribution in [0.5, 0.6) is 5.75 Å². The highest BCUT2D eigenvalue weighted by molar-refractivity contribution is 7.89. The van der Waals surface area contributed by atoms with Gasteiger partial charge in [-0.15, -0.1) is 13.2 Å². The molecule has 0 aliphatic rings. The molecule has 0 atom stereocenters. The van der Waals surface area contributed by atoms with Crippen molar-refractivity contribution in [2.45, 2.75) is 24.7 Å². The number of aryl methyl sites for hydroxylation is 1. The van der Waals surface area contributed by atoms with E-state index in [9.17, 15) is 21.6 Å². The third-order valence-corrected chi connectivity index (χ3v) is 4.78. The van der Waals surface area contributed by atoms with E-state index in [0.29, 0.717) is 10.6 Å². The highest BCUT2D eigenvalue weighted by Gasteiger charge is 2.31. The van der Waals surface area contributed by atoms with Gasteiger partial charge in [-0.1, -0.05) is 17.7 Å². The average Bonchev–Trinajstić information content (AvgIpc) is 2.47. The first kappa shape index (κ1) is 18.6. The van der Waals surface area contributed by atoms with Crippen molar-refractivity contribution in [2.75, 3.05) is 0 Å². The Hall–Kier alpha value is -1.77. The normalized spacial score (nSPS) is 12.2. The molecule has 4 nitrogen and oxygen atoms in total. The molecule has 2 rings (SSSR count). The molecule has 0 radical (unpaired) electrons. The van der Waals surface area contributed by atoms with Gasteiger partial charge in [0.15, 0.2) is 0 Å². The number of rotatable bonds is 5. The van der Waals surface area contributed by atoms with Crippen molar-refractivity contribution in [1.29, 1.82) is 0 Å². The van der Waals surface area contributed by atoms with Gasteiger partial charge in [-0.25, -0.2) is 13.1 Å². The molecule has 0 aliphatic carbocycles. The van der Waals surface area contributed by atoms with Crippen LogP contribution in [0.4, 0.5) is 13.2 Å². The zero-order chi connectivity index (χ0) is 18.0. The van der Waals surface area contributed by atoms with Crippen molar-refractivity contribution < 1.29 is 26.3 Å². The molecule has 0 heterocycles. The second-order valence-corrected chi connectivity index (χ2v) is 7.12. The van der Waals surface area contributed by atoms with Crippen molar-refractivity contribution in [3.8, 4) is 5.75 Å². The number of benzene rings is 2. The van der Waals surface area contributed by atoms with Gasteiger partial charge < -0.3 is 4.74 Å². The zero-order valence-electron chi connectivity index (χ0n) is 12.4. The van der Waals surface area contributed by atoms with Gasteiger partial charge in [0, 0.05) is 11.6 Å². The predicted octanol–water partition coefficient (Wildman–Crippen LogP) is 4.03. The fourth-order valence-electron chi connectivity index (χ4n) is 1.91. The van der Waals surface area contributed by atoms with Gasteiger partial charge in [-0.3, -0.25) is 0 Å². The minimum Gasteiger partial charge on any atom is -0.406 e. The standard InChI is InChI=1S/C15H13ClF3NO3S/c1-10-2-3-12(16)8-11(10)9-20-24(21,22)14-6-4-13(5-7-14)23-15(17,18)19/h2-8,20H,9H2,1H3.